The summed E-state index contributed by atoms with van der Waals surface area (Å²) in [6.07, 6.45) is 9.19. The molecule has 3 rings (SSSR count). The average Bonchev–Trinajstić information content (AvgIpc) is 2.97. The van der Waals surface area contributed by atoms with Gasteiger partial charge in [0.2, 0.25) is 0 Å². The number of hydrogen-bond donors (Lipinski definition) is 1. The Morgan fingerprint density at radius 1 is 1.23 bits per heavy atom. The quantitative estimate of drug-likeness (QED) is 0.812. The fourth-order valence-corrected chi connectivity index (χ4v) is 4.10. The third-order valence-corrected chi connectivity index (χ3v) is 5.73. The zero-order valence-corrected chi connectivity index (χ0v) is 14.3. The molecule has 0 atom stereocenters. The summed E-state index contributed by atoms with van der Waals surface area (Å²) >= 11 is 0. The zero-order valence-electron chi connectivity index (χ0n) is 14.3. The van der Waals surface area contributed by atoms with E-state index in [1.165, 1.54) is 61.5 Å². The number of hydrogen-bond acceptors (Lipinski definition) is 1. The van der Waals surface area contributed by atoms with Crippen molar-refractivity contribution in [1.29, 1.82) is 0 Å². The molecule has 0 bridgehead atoms. The fraction of sp³-hybridized carbons (Fsp3) is 0.600. The molecular weight excluding hydrogens is 268 g/mol. The highest BCUT2D eigenvalue weighted by Gasteiger charge is 2.37. The van der Waals surface area contributed by atoms with Crippen molar-refractivity contribution in [2.75, 3.05) is 14.1 Å². The van der Waals surface area contributed by atoms with Crippen molar-refractivity contribution in [3.63, 3.8) is 0 Å². The molecule has 0 amide bonds. The summed E-state index contributed by atoms with van der Waals surface area (Å²) in [6.45, 7) is 2.30. The second kappa shape index (κ2) is 6.45. The van der Waals surface area contributed by atoms with Crippen molar-refractivity contribution in [2.45, 2.75) is 63.3 Å². The first-order chi connectivity index (χ1) is 10.6. The number of H-pyrrole nitrogens is 1. The standard InChI is InChI=1S/C20H29N2/c1-4-5-12-20(22(2)3)13-10-16(11-14-20)19-15-17-8-6-7-9-18(17)21-19/h6-9,16,21H,4-5,10-14H2,1-3H3. The van der Waals surface area contributed by atoms with E-state index < -0.39 is 0 Å². The molecule has 2 heteroatoms. The molecule has 1 aromatic heterocycles. The summed E-state index contributed by atoms with van der Waals surface area (Å²) in [5.74, 6) is 0.655. The third kappa shape index (κ3) is 2.94. The highest BCUT2D eigenvalue weighted by molar-refractivity contribution is 5.79. The second-order valence-corrected chi connectivity index (χ2v) is 7.21. The molecule has 2 nitrogen and oxygen atoms in total. The second-order valence-electron chi connectivity index (χ2n) is 7.21. The molecule has 1 radical (unpaired) electrons. The summed E-state index contributed by atoms with van der Waals surface area (Å²) in [4.78, 5) is 6.09. The molecule has 1 aromatic carbocycles. The lowest BCUT2D eigenvalue weighted by Crippen LogP contribution is -2.46. The number of aromatic nitrogens is 1. The maximum atomic E-state index is 3.60. The van der Waals surface area contributed by atoms with Gasteiger partial charge in [-0.1, -0.05) is 38.0 Å². The Morgan fingerprint density at radius 3 is 2.59 bits per heavy atom. The van der Waals surface area contributed by atoms with Gasteiger partial charge in [0.15, 0.2) is 0 Å². The third-order valence-electron chi connectivity index (χ3n) is 5.73. The van der Waals surface area contributed by atoms with Crippen LogP contribution in [0.4, 0.5) is 0 Å². The van der Waals surface area contributed by atoms with Crippen LogP contribution in [0.15, 0.2) is 24.3 Å². The van der Waals surface area contributed by atoms with E-state index in [0.29, 0.717) is 11.5 Å². The smallest absolute Gasteiger partial charge is 0.0462 e. The molecule has 119 valence electrons. The van der Waals surface area contributed by atoms with Gasteiger partial charge >= 0.3 is 0 Å². The molecule has 0 spiro atoms. The number of nitrogens with zero attached hydrogens (tertiary/aromatic N) is 1. The molecular formula is C20H29N2. The van der Waals surface area contributed by atoms with Crippen LogP contribution in [-0.2, 0) is 0 Å². The topological polar surface area (TPSA) is 19.0 Å². The van der Waals surface area contributed by atoms with Crippen molar-refractivity contribution in [3.8, 4) is 0 Å². The van der Waals surface area contributed by atoms with Crippen molar-refractivity contribution in [1.82, 2.24) is 9.88 Å². The lowest BCUT2D eigenvalue weighted by Gasteiger charge is -2.45. The number of benzene rings is 1. The SMILES string of the molecule is CCCCC1(N(C)C)CCC(c2[c]c3ccccc3[nH]2)CC1. The van der Waals surface area contributed by atoms with Crippen LogP contribution in [0.1, 0.15) is 63.5 Å². The Labute approximate surface area is 134 Å². The van der Waals surface area contributed by atoms with Gasteiger partial charge in [-0.05, 0) is 58.2 Å². The van der Waals surface area contributed by atoms with E-state index >= 15 is 0 Å². The fourth-order valence-electron chi connectivity index (χ4n) is 4.10. The Morgan fingerprint density at radius 2 is 1.95 bits per heavy atom. The van der Waals surface area contributed by atoms with Crippen molar-refractivity contribution >= 4 is 10.9 Å². The molecule has 0 aliphatic heterocycles. The highest BCUT2D eigenvalue weighted by atomic mass is 15.1. The maximum Gasteiger partial charge on any atom is 0.0462 e. The lowest BCUT2D eigenvalue weighted by atomic mass is 9.72. The van der Waals surface area contributed by atoms with Crippen molar-refractivity contribution in [2.24, 2.45) is 0 Å². The summed E-state index contributed by atoms with van der Waals surface area (Å²) in [5.41, 5.74) is 2.98. The minimum Gasteiger partial charge on any atom is -0.358 e. The van der Waals surface area contributed by atoms with Gasteiger partial charge in [-0.3, -0.25) is 0 Å². The van der Waals surface area contributed by atoms with Gasteiger partial charge in [-0.15, -0.1) is 0 Å². The molecule has 1 heterocycles. The Balaban J connectivity index is 1.72. The van der Waals surface area contributed by atoms with Crippen LogP contribution >= 0.6 is 0 Å². The van der Waals surface area contributed by atoms with Gasteiger partial charge in [-0.2, -0.15) is 0 Å². The first kappa shape index (κ1) is 15.6. The Hall–Kier alpha value is -1.28. The molecule has 0 unspecified atom stereocenters. The molecule has 1 aliphatic rings. The van der Waals surface area contributed by atoms with E-state index in [1.54, 1.807) is 0 Å². The van der Waals surface area contributed by atoms with Gasteiger partial charge in [-0.25, -0.2) is 0 Å². The summed E-state index contributed by atoms with van der Waals surface area (Å²) in [5, 5.41) is 1.23. The van der Waals surface area contributed by atoms with Gasteiger partial charge in [0.25, 0.3) is 0 Å². The molecule has 0 saturated heterocycles. The summed E-state index contributed by atoms with van der Waals surface area (Å²) in [7, 11) is 4.54. The van der Waals surface area contributed by atoms with Crippen molar-refractivity contribution in [3.05, 3.63) is 36.0 Å². The van der Waals surface area contributed by atoms with Crippen LogP contribution in [0.25, 0.3) is 10.9 Å². The minimum absolute atomic E-state index is 0.429. The zero-order chi connectivity index (χ0) is 15.6. The number of fused-ring (bicyclic) bond motifs is 1. The molecule has 22 heavy (non-hydrogen) atoms. The predicted octanol–water partition coefficient (Wildman–Crippen LogP) is 5.12. The number of aromatic amines is 1. The largest absolute Gasteiger partial charge is 0.358 e. The first-order valence-electron chi connectivity index (χ1n) is 8.82. The van der Waals surface area contributed by atoms with E-state index in [2.05, 4.69) is 61.2 Å². The normalized spacial score (nSPS) is 25.9. The predicted molar refractivity (Wildman–Crippen MR) is 94.3 cm³/mol. The Bertz CT molecular complexity index is 570. The lowest BCUT2D eigenvalue weighted by molar-refractivity contribution is 0.0803. The van der Waals surface area contributed by atoms with E-state index in [-0.39, 0.29) is 0 Å². The molecule has 1 saturated carbocycles. The Kier molecular flexibility index (Phi) is 4.58. The first-order valence-corrected chi connectivity index (χ1v) is 8.82. The van der Waals surface area contributed by atoms with Crippen molar-refractivity contribution < 1.29 is 0 Å². The van der Waals surface area contributed by atoms with Gasteiger partial charge in [0.1, 0.15) is 0 Å². The number of rotatable bonds is 5. The number of nitrogens with one attached hydrogen (secondary N) is 1. The molecule has 2 aromatic rings. The summed E-state index contributed by atoms with van der Waals surface area (Å²) < 4.78 is 0. The van der Waals surface area contributed by atoms with Crippen LogP contribution in [0.2, 0.25) is 0 Å². The van der Waals surface area contributed by atoms with Gasteiger partial charge < -0.3 is 9.88 Å². The minimum atomic E-state index is 0.429. The van der Waals surface area contributed by atoms with E-state index in [1.807, 2.05) is 0 Å². The number of unbranched alkanes of at least 4 members (excludes halogenated alkanes) is 1. The summed E-state index contributed by atoms with van der Waals surface area (Å²) in [6, 6.07) is 12.1. The average molecular weight is 297 g/mol. The van der Waals surface area contributed by atoms with E-state index in [4.69, 9.17) is 0 Å². The molecule has 1 N–H and O–H groups in total. The number of para-hydroxylation sites is 1. The van der Waals surface area contributed by atoms with Gasteiger partial charge in [0.05, 0.1) is 0 Å². The van der Waals surface area contributed by atoms with Crippen LogP contribution in [-0.4, -0.2) is 29.5 Å². The molecule has 1 fully saturated rings. The maximum absolute atomic E-state index is 3.60. The van der Waals surface area contributed by atoms with Crippen LogP contribution in [0, 0.1) is 6.07 Å². The van der Waals surface area contributed by atoms with Crippen LogP contribution in [0.3, 0.4) is 0 Å². The van der Waals surface area contributed by atoms with Gasteiger partial charge in [0, 0.05) is 28.2 Å². The highest BCUT2D eigenvalue weighted by Crippen LogP contribution is 2.42. The molecule has 1 aliphatic carbocycles. The monoisotopic (exact) mass is 297 g/mol. The van der Waals surface area contributed by atoms with Crippen LogP contribution < -0.4 is 0 Å². The van der Waals surface area contributed by atoms with Crippen LogP contribution in [0.5, 0.6) is 0 Å². The van der Waals surface area contributed by atoms with E-state index in [9.17, 15) is 0 Å². The van der Waals surface area contributed by atoms with E-state index in [0.717, 1.165) is 0 Å².